The van der Waals surface area contributed by atoms with Crippen LogP contribution < -0.4 is 4.90 Å². The number of furan rings is 2. The van der Waals surface area contributed by atoms with Crippen molar-refractivity contribution in [2.45, 2.75) is 0 Å². The molecule has 0 aliphatic carbocycles. The van der Waals surface area contributed by atoms with Crippen LogP contribution in [0.2, 0.25) is 0 Å². The molecule has 63 heavy (non-hydrogen) atoms. The van der Waals surface area contributed by atoms with Gasteiger partial charge in [0.05, 0.1) is 17.1 Å². The highest BCUT2D eigenvalue weighted by Gasteiger charge is 2.26. The monoisotopic (exact) mass is 805 g/mol. The lowest BCUT2D eigenvalue weighted by molar-refractivity contribution is 0.668. The summed E-state index contributed by atoms with van der Waals surface area (Å²) in [6.07, 6.45) is 0. The molecule has 0 unspecified atom stereocenters. The van der Waals surface area contributed by atoms with E-state index in [1.807, 2.05) is 24.3 Å². The molecule has 0 radical (unpaired) electrons. The van der Waals surface area contributed by atoms with Gasteiger partial charge in [0.2, 0.25) is 0 Å². The van der Waals surface area contributed by atoms with Crippen molar-refractivity contribution in [3.05, 3.63) is 237 Å². The average Bonchev–Trinajstić information content (AvgIpc) is 3.93. The second kappa shape index (κ2) is 15.3. The molecule has 0 saturated carbocycles. The molecule has 3 heteroatoms. The van der Waals surface area contributed by atoms with Gasteiger partial charge < -0.3 is 13.7 Å². The highest BCUT2D eigenvalue weighted by Crippen LogP contribution is 2.51. The molecule has 0 bridgehead atoms. The van der Waals surface area contributed by atoms with E-state index >= 15 is 0 Å². The molecule has 2 heterocycles. The van der Waals surface area contributed by atoms with Crippen molar-refractivity contribution in [2.24, 2.45) is 0 Å². The highest BCUT2D eigenvalue weighted by atomic mass is 16.3. The Hall–Kier alpha value is -8.40. The Bertz CT molecular complexity index is 3620. The molecule has 0 aliphatic rings. The molecule has 10 aromatic carbocycles. The summed E-state index contributed by atoms with van der Waals surface area (Å²) in [5.41, 5.74) is 17.9. The maximum Gasteiger partial charge on any atom is 0.136 e. The predicted octanol–water partition coefficient (Wildman–Crippen LogP) is 17.3. The van der Waals surface area contributed by atoms with Gasteiger partial charge in [-0.3, -0.25) is 0 Å². The molecule has 0 saturated heterocycles. The van der Waals surface area contributed by atoms with Crippen LogP contribution in [0.3, 0.4) is 0 Å². The van der Waals surface area contributed by atoms with Crippen molar-refractivity contribution in [1.82, 2.24) is 0 Å². The zero-order valence-corrected chi connectivity index (χ0v) is 34.3. The van der Waals surface area contributed by atoms with Crippen LogP contribution in [0.5, 0.6) is 0 Å². The molecule has 0 atom stereocenters. The molecule has 0 spiro atoms. The lowest BCUT2D eigenvalue weighted by Crippen LogP contribution is -2.14. The fraction of sp³-hybridized carbons (Fsp3) is 0. The van der Waals surface area contributed by atoms with Crippen LogP contribution in [-0.4, -0.2) is 0 Å². The number of hydrogen-bond acceptors (Lipinski definition) is 3. The number of hydrogen-bond donors (Lipinski definition) is 0. The second-order valence-corrected chi connectivity index (χ2v) is 16.0. The van der Waals surface area contributed by atoms with Crippen molar-refractivity contribution >= 4 is 60.9 Å². The smallest absolute Gasteiger partial charge is 0.136 e. The van der Waals surface area contributed by atoms with E-state index in [1.54, 1.807) is 0 Å². The number of anilines is 3. The van der Waals surface area contributed by atoms with E-state index in [-0.39, 0.29) is 0 Å². The first kappa shape index (κ1) is 36.5. The van der Waals surface area contributed by atoms with E-state index in [0.29, 0.717) is 0 Å². The van der Waals surface area contributed by atoms with Crippen LogP contribution in [0.15, 0.2) is 245 Å². The molecule has 296 valence electrons. The van der Waals surface area contributed by atoms with E-state index in [4.69, 9.17) is 8.83 Å². The van der Waals surface area contributed by atoms with Gasteiger partial charge in [-0.05, 0) is 93.5 Å². The number of rotatable bonds is 8. The van der Waals surface area contributed by atoms with Gasteiger partial charge in [-0.2, -0.15) is 0 Å². The van der Waals surface area contributed by atoms with Gasteiger partial charge in [-0.15, -0.1) is 0 Å². The lowest BCUT2D eigenvalue weighted by Gasteiger charge is -2.32. The van der Waals surface area contributed by atoms with Crippen LogP contribution in [-0.2, 0) is 0 Å². The lowest BCUT2D eigenvalue weighted by atomic mass is 9.89. The van der Waals surface area contributed by atoms with Crippen LogP contribution in [0.4, 0.5) is 17.1 Å². The summed E-state index contributed by atoms with van der Waals surface area (Å²) in [7, 11) is 0. The van der Waals surface area contributed by atoms with Gasteiger partial charge in [0, 0.05) is 38.2 Å². The Kier molecular flexibility index (Phi) is 8.83. The second-order valence-electron chi connectivity index (χ2n) is 16.0. The third-order valence-corrected chi connectivity index (χ3v) is 12.3. The first-order valence-corrected chi connectivity index (χ1v) is 21.4. The largest absolute Gasteiger partial charge is 0.456 e. The van der Waals surface area contributed by atoms with Crippen LogP contribution in [0.25, 0.3) is 99.5 Å². The van der Waals surface area contributed by atoms with E-state index in [9.17, 15) is 0 Å². The highest BCUT2D eigenvalue weighted by molar-refractivity contribution is 6.09. The fourth-order valence-corrected chi connectivity index (χ4v) is 9.35. The normalized spacial score (nSPS) is 11.5. The van der Waals surface area contributed by atoms with Gasteiger partial charge in [0.25, 0.3) is 0 Å². The van der Waals surface area contributed by atoms with E-state index in [1.165, 1.54) is 11.1 Å². The van der Waals surface area contributed by atoms with Gasteiger partial charge in [0.15, 0.2) is 0 Å². The molecule has 0 N–H and O–H groups in total. The minimum absolute atomic E-state index is 0.864. The Morgan fingerprint density at radius 2 is 0.683 bits per heavy atom. The zero-order chi connectivity index (χ0) is 41.7. The average molecular weight is 806 g/mol. The summed E-state index contributed by atoms with van der Waals surface area (Å²) in [6.45, 7) is 0. The number of nitrogens with zero attached hydrogens (tertiary/aromatic N) is 1. The van der Waals surface area contributed by atoms with Gasteiger partial charge >= 0.3 is 0 Å². The van der Waals surface area contributed by atoms with Gasteiger partial charge in [-0.25, -0.2) is 0 Å². The van der Waals surface area contributed by atoms with Gasteiger partial charge in [-0.1, -0.05) is 182 Å². The van der Waals surface area contributed by atoms with E-state index < -0.39 is 0 Å². The third-order valence-electron chi connectivity index (χ3n) is 12.3. The Morgan fingerprint density at radius 1 is 0.238 bits per heavy atom. The molecule has 0 aliphatic heterocycles. The first-order chi connectivity index (χ1) is 31.2. The quantitative estimate of drug-likeness (QED) is 0.153. The fourth-order valence-electron chi connectivity index (χ4n) is 9.35. The molecule has 3 nitrogen and oxygen atoms in total. The SMILES string of the molecule is c1ccc(-c2ccc(-c3c(-c4ccc5oc6ccccc6c5c4)cccc3N(c3ccccc3-c3ccccc3)c3ccccc3-c3ccc4c(c3)oc3ccccc34)cc2)cc1. The predicted molar refractivity (Wildman–Crippen MR) is 263 cm³/mol. The Labute approximate surface area is 365 Å². The summed E-state index contributed by atoms with van der Waals surface area (Å²) in [5.74, 6) is 0. The summed E-state index contributed by atoms with van der Waals surface area (Å²) >= 11 is 0. The number of fused-ring (bicyclic) bond motifs is 6. The molecule has 2 aromatic heterocycles. The minimum Gasteiger partial charge on any atom is -0.456 e. The molecular weight excluding hydrogens is 767 g/mol. The molecule has 0 amide bonds. The van der Waals surface area contributed by atoms with Gasteiger partial charge in [0.1, 0.15) is 22.3 Å². The molecule has 12 aromatic rings. The molecular formula is C60H39NO2. The summed E-state index contributed by atoms with van der Waals surface area (Å²) < 4.78 is 12.8. The third kappa shape index (κ3) is 6.38. The van der Waals surface area contributed by atoms with Crippen molar-refractivity contribution in [3.8, 4) is 55.6 Å². The van der Waals surface area contributed by atoms with E-state index in [0.717, 1.165) is 105 Å². The van der Waals surface area contributed by atoms with Crippen molar-refractivity contribution < 1.29 is 8.83 Å². The summed E-state index contributed by atoms with van der Waals surface area (Å²) in [5, 5.41) is 4.42. The number of benzene rings is 10. The topological polar surface area (TPSA) is 29.5 Å². The standard InChI is InChI=1S/C60H39NO2/c1-3-16-40(17-4-1)41-30-32-43(33-31-41)60-48(44-35-37-58-52(38-44)50-23-10-14-29-57(50)62-58)24-15-27-55(60)61(53-25-11-7-20-46(53)42-18-5-2-6-19-42)54-26-12-8-21-47(54)45-34-36-51-49-22-9-13-28-56(49)63-59(51)39-45/h1-39H. The van der Waals surface area contributed by atoms with Crippen molar-refractivity contribution in [1.29, 1.82) is 0 Å². The van der Waals surface area contributed by atoms with Crippen LogP contribution >= 0.6 is 0 Å². The van der Waals surface area contributed by atoms with Crippen LogP contribution in [0, 0.1) is 0 Å². The first-order valence-electron chi connectivity index (χ1n) is 21.4. The summed E-state index contributed by atoms with van der Waals surface area (Å²) in [6, 6.07) is 84.4. The number of para-hydroxylation sites is 4. The minimum atomic E-state index is 0.864. The maximum absolute atomic E-state index is 6.48. The van der Waals surface area contributed by atoms with E-state index in [2.05, 4.69) is 217 Å². The van der Waals surface area contributed by atoms with Crippen molar-refractivity contribution in [3.63, 3.8) is 0 Å². The van der Waals surface area contributed by atoms with Crippen LogP contribution in [0.1, 0.15) is 0 Å². The van der Waals surface area contributed by atoms with Crippen molar-refractivity contribution in [2.75, 3.05) is 4.90 Å². The maximum atomic E-state index is 6.48. The Morgan fingerprint density at radius 3 is 1.40 bits per heavy atom. The zero-order valence-electron chi connectivity index (χ0n) is 34.3. The molecule has 0 fully saturated rings. The Balaban J connectivity index is 1.14. The summed E-state index contributed by atoms with van der Waals surface area (Å²) in [4.78, 5) is 2.47. The molecule has 12 rings (SSSR count).